The van der Waals surface area contributed by atoms with Gasteiger partial charge in [0.05, 0.1) is 12.2 Å². The first-order chi connectivity index (χ1) is 24.6. The Hall–Kier alpha value is -5.52. The molecule has 14 heteroatoms. The molecule has 0 radical (unpaired) electrons. The van der Waals surface area contributed by atoms with E-state index in [1.165, 1.54) is 23.3 Å². The molecule has 14 nitrogen and oxygen atoms in total. The minimum atomic E-state index is -0.597. The SMILES string of the molecule is C#CC(=O)OC(C)C.Cc1cc(OCCN(C)C)cc(-c2ncn(/C=C\C(=O)OC(C)C)n2)c1.Cc1cc(OCCN(C)C)cc(-c2ncn[nH]2)c1. The van der Waals surface area contributed by atoms with Crippen molar-refractivity contribution in [2.45, 2.75) is 53.8 Å². The van der Waals surface area contributed by atoms with Gasteiger partial charge in [-0.05, 0) is 117 Å². The summed E-state index contributed by atoms with van der Waals surface area (Å²) in [5.41, 5.74) is 4.06. The second-order valence-corrected chi connectivity index (χ2v) is 12.7. The molecule has 1 N–H and O–H groups in total. The summed E-state index contributed by atoms with van der Waals surface area (Å²) < 4.78 is 22.6. The summed E-state index contributed by atoms with van der Waals surface area (Å²) >= 11 is 0. The van der Waals surface area contributed by atoms with Gasteiger partial charge in [0, 0.05) is 42.4 Å². The Kier molecular flexibility index (Phi) is 18.3. The Labute approximate surface area is 307 Å². The van der Waals surface area contributed by atoms with Crippen molar-refractivity contribution < 1.29 is 28.5 Å². The number of likely N-dealkylation sites (N-methyl/N-ethyl adjacent to an activating group) is 2. The Morgan fingerprint density at radius 1 is 0.846 bits per heavy atom. The lowest BCUT2D eigenvalue weighted by molar-refractivity contribution is -0.141. The zero-order chi connectivity index (χ0) is 38.6. The van der Waals surface area contributed by atoms with Crippen molar-refractivity contribution in [2.24, 2.45) is 0 Å². The molecule has 4 rings (SSSR count). The number of hydrogen-bond donors (Lipinski definition) is 1. The molecule has 2 aromatic carbocycles. The molecule has 0 aliphatic rings. The van der Waals surface area contributed by atoms with Gasteiger partial charge in [-0.2, -0.15) is 5.10 Å². The first kappa shape index (κ1) is 42.6. The molecule has 0 unspecified atom stereocenters. The number of H-pyrrole nitrogens is 1. The lowest BCUT2D eigenvalue weighted by Gasteiger charge is -2.12. The fourth-order valence-electron chi connectivity index (χ4n) is 4.10. The largest absolute Gasteiger partial charge is 0.492 e. The van der Waals surface area contributed by atoms with Crippen LogP contribution >= 0.6 is 0 Å². The van der Waals surface area contributed by atoms with Gasteiger partial charge >= 0.3 is 11.9 Å². The number of nitrogens with zero attached hydrogens (tertiary/aromatic N) is 7. The monoisotopic (exact) mass is 716 g/mol. The number of carbonyl (C=O) groups excluding carboxylic acids is 2. The average Bonchev–Trinajstić information content (AvgIpc) is 3.76. The molecule has 2 heterocycles. The molecule has 0 aliphatic heterocycles. The zero-order valence-electron chi connectivity index (χ0n) is 31.9. The predicted octanol–water partition coefficient (Wildman–Crippen LogP) is 4.91. The number of aromatic amines is 1. The van der Waals surface area contributed by atoms with Crippen LogP contribution in [0.5, 0.6) is 11.5 Å². The number of carbonyl (C=O) groups is 2. The first-order valence-electron chi connectivity index (χ1n) is 16.8. The van der Waals surface area contributed by atoms with E-state index >= 15 is 0 Å². The molecule has 0 atom stereocenters. The van der Waals surface area contributed by atoms with Crippen molar-refractivity contribution in [3.05, 3.63) is 66.3 Å². The number of benzene rings is 2. The molecule has 0 spiro atoms. The van der Waals surface area contributed by atoms with Crippen LogP contribution in [0.15, 0.2) is 55.1 Å². The molecule has 0 bridgehead atoms. The summed E-state index contributed by atoms with van der Waals surface area (Å²) in [6.45, 7) is 14.2. The highest BCUT2D eigenvalue weighted by Crippen LogP contribution is 2.24. The molecule has 0 aliphatic carbocycles. The fraction of sp³-hybridized carbons (Fsp3) is 0.421. The van der Waals surface area contributed by atoms with Gasteiger partial charge in [0.15, 0.2) is 11.6 Å². The molecule has 0 amide bonds. The summed E-state index contributed by atoms with van der Waals surface area (Å²) in [7, 11) is 8.07. The Balaban J connectivity index is 0.000000310. The fourth-order valence-corrected chi connectivity index (χ4v) is 4.10. The van der Waals surface area contributed by atoms with Gasteiger partial charge in [-0.25, -0.2) is 24.2 Å². The van der Waals surface area contributed by atoms with Gasteiger partial charge in [-0.15, -0.1) is 11.5 Å². The third-order valence-electron chi connectivity index (χ3n) is 6.35. The van der Waals surface area contributed by atoms with Crippen LogP contribution in [0.25, 0.3) is 29.0 Å². The number of esters is 2. The lowest BCUT2D eigenvalue weighted by Crippen LogP contribution is -2.19. The number of terminal acetylenes is 1. The number of aryl methyl sites for hydroxylation is 2. The lowest BCUT2D eigenvalue weighted by atomic mass is 10.1. The van der Waals surface area contributed by atoms with Crippen LogP contribution in [0.1, 0.15) is 38.8 Å². The minimum Gasteiger partial charge on any atom is -0.492 e. The summed E-state index contributed by atoms with van der Waals surface area (Å²) in [6.07, 6.45) is 10.3. The van der Waals surface area contributed by atoms with E-state index in [0.29, 0.717) is 19.0 Å². The molecule has 0 saturated carbocycles. The maximum atomic E-state index is 11.6. The number of ether oxygens (including phenoxy) is 4. The van der Waals surface area contributed by atoms with Gasteiger partial charge in [-0.3, -0.25) is 5.10 Å². The number of rotatable bonds is 14. The second kappa shape index (κ2) is 22.3. The van der Waals surface area contributed by atoms with Crippen LogP contribution in [0.3, 0.4) is 0 Å². The second-order valence-electron chi connectivity index (χ2n) is 12.7. The maximum Gasteiger partial charge on any atom is 0.384 e. The highest BCUT2D eigenvalue weighted by Gasteiger charge is 2.08. The molecule has 0 fully saturated rings. The third kappa shape index (κ3) is 17.4. The van der Waals surface area contributed by atoms with Crippen LogP contribution in [0.4, 0.5) is 0 Å². The van der Waals surface area contributed by atoms with Crippen LogP contribution in [-0.4, -0.2) is 118 Å². The van der Waals surface area contributed by atoms with Crippen LogP contribution in [-0.2, 0) is 19.1 Å². The van der Waals surface area contributed by atoms with Crippen molar-refractivity contribution in [3.63, 3.8) is 0 Å². The minimum absolute atomic E-state index is 0.112. The van der Waals surface area contributed by atoms with E-state index in [1.54, 1.807) is 34.0 Å². The summed E-state index contributed by atoms with van der Waals surface area (Å²) in [5, 5.41) is 11.1. The quantitative estimate of drug-likeness (QED) is 0.0818. The van der Waals surface area contributed by atoms with Crippen molar-refractivity contribution in [1.29, 1.82) is 0 Å². The van der Waals surface area contributed by atoms with Gasteiger partial charge < -0.3 is 28.7 Å². The summed E-state index contributed by atoms with van der Waals surface area (Å²) in [6, 6.07) is 11.9. The Morgan fingerprint density at radius 3 is 1.88 bits per heavy atom. The van der Waals surface area contributed by atoms with Gasteiger partial charge in [0.1, 0.15) is 37.4 Å². The van der Waals surface area contributed by atoms with Crippen molar-refractivity contribution >= 4 is 18.1 Å². The Bertz CT molecular complexity index is 1740. The van der Waals surface area contributed by atoms with Crippen LogP contribution in [0.2, 0.25) is 0 Å². The van der Waals surface area contributed by atoms with E-state index in [0.717, 1.165) is 52.7 Å². The highest BCUT2D eigenvalue weighted by atomic mass is 16.5. The molecular formula is C38H52N8O6. The standard InChI is InChI=1S/C19H26N4O3.C13H18N4O.C6H8O2/c1-14(2)26-18(24)6-7-23-13-20-19(21-23)16-10-15(3)11-17(12-16)25-9-8-22(4)5;1-10-6-11(13-14-9-15-16-13)8-12(7-10)18-5-4-17(2)3;1-4-6(7)8-5(2)3/h6-7,10-14H,8-9H2,1-5H3;6-9H,4-5H2,1-3H3,(H,14,15,16);1,5H,2-3H3/b7-6-;;. The van der Waals surface area contributed by atoms with Crippen molar-refractivity contribution in [3.8, 4) is 46.6 Å². The van der Waals surface area contributed by atoms with E-state index in [1.807, 2.05) is 78.3 Å². The first-order valence-corrected chi connectivity index (χ1v) is 16.8. The summed E-state index contributed by atoms with van der Waals surface area (Å²) in [4.78, 5) is 34.3. The number of hydrogen-bond acceptors (Lipinski definition) is 12. The van der Waals surface area contributed by atoms with Crippen molar-refractivity contribution in [1.82, 2.24) is 39.7 Å². The predicted molar refractivity (Wildman–Crippen MR) is 201 cm³/mol. The maximum absolute atomic E-state index is 11.6. The van der Waals surface area contributed by atoms with E-state index in [-0.39, 0.29) is 12.2 Å². The normalized spacial score (nSPS) is 10.8. The summed E-state index contributed by atoms with van der Waals surface area (Å²) in [5.74, 6) is 3.80. The number of nitrogens with one attached hydrogen (secondary N) is 1. The van der Waals surface area contributed by atoms with Gasteiger partial charge in [0.2, 0.25) is 0 Å². The molecule has 52 heavy (non-hydrogen) atoms. The molecular weight excluding hydrogens is 664 g/mol. The van der Waals surface area contributed by atoms with E-state index in [2.05, 4.69) is 45.9 Å². The highest BCUT2D eigenvalue weighted by molar-refractivity contribution is 5.87. The Morgan fingerprint density at radius 2 is 1.40 bits per heavy atom. The average molecular weight is 717 g/mol. The van der Waals surface area contributed by atoms with Crippen LogP contribution < -0.4 is 9.47 Å². The van der Waals surface area contributed by atoms with Gasteiger partial charge in [0.25, 0.3) is 0 Å². The van der Waals surface area contributed by atoms with E-state index < -0.39 is 11.9 Å². The van der Waals surface area contributed by atoms with Crippen LogP contribution in [0, 0.1) is 26.2 Å². The van der Waals surface area contributed by atoms with E-state index in [9.17, 15) is 9.59 Å². The molecule has 280 valence electrons. The smallest absolute Gasteiger partial charge is 0.384 e. The van der Waals surface area contributed by atoms with Crippen molar-refractivity contribution in [2.75, 3.05) is 54.5 Å². The number of aromatic nitrogens is 6. The topological polar surface area (TPSA) is 150 Å². The molecule has 2 aromatic heterocycles. The molecule has 4 aromatic rings. The zero-order valence-corrected chi connectivity index (χ0v) is 31.9. The molecule has 0 saturated heterocycles. The van der Waals surface area contributed by atoms with E-state index in [4.69, 9.17) is 20.6 Å². The van der Waals surface area contributed by atoms with Gasteiger partial charge in [-0.1, -0.05) is 0 Å². The third-order valence-corrected chi connectivity index (χ3v) is 6.35.